The first-order valence-corrected chi connectivity index (χ1v) is 5.50. The molecule has 0 bridgehead atoms. The number of aromatic nitrogens is 1. The quantitative estimate of drug-likeness (QED) is 0.752. The van der Waals surface area contributed by atoms with Crippen LogP contribution >= 0.6 is 11.6 Å². The first kappa shape index (κ1) is 10.9. The van der Waals surface area contributed by atoms with E-state index in [0.29, 0.717) is 5.02 Å². The Balaban J connectivity index is 2.27. The van der Waals surface area contributed by atoms with Crippen LogP contribution in [0.15, 0.2) is 42.5 Å². The molecule has 0 aliphatic carbocycles. The Morgan fingerprint density at radius 1 is 1.00 bits per heavy atom. The Hall–Kier alpha value is -1.60. The SMILES string of the molecule is Cc1ccc(Cl)c(/C=C/c2ccccc2)n1. The molecule has 2 rings (SSSR count). The fourth-order valence-electron chi connectivity index (χ4n) is 1.42. The van der Waals surface area contributed by atoms with Crippen molar-refractivity contribution >= 4 is 23.8 Å². The molecule has 0 aliphatic rings. The second kappa shape index (κ2) is 4.95. The van der Waals surface area contributed by atoms with Crippen molar-refractivity contribution in [2.45, 2.75) is 6.92 Å². The molecule has 1 aromatic carbocycles. The first-order valence-electron chi connectivity index (χ1n) is 5.12. The third-order valence-corrected chi connectivity index (χ3v) is 2.57. The number of benzene rings is 1. The van der Waals surface area contributed by atoms with E-state index >= 15 is 0 Å². The number of hydrogen-bond acceptors (Lipinski definition) is 1. The number of pyridine rings is 1. The minimum atomic E-state index is 0.679. The predicted molar refractivity (Wildman–Crippen MR) is 69.4 cm³/mol. The van der Waals surface area contributed by atoms with E-state index < -0.39 is 0 Å². The van der Waals surface area contributed by atoms with Gasteiger partial charge in [-0.2, -0.15) is 0 Å². The van der Waals surface area contributed by atoms with Crippen LogP contribution in [0.3, 0.4) is 0 Å². The van der Waals surface area contributed by atoms with Gasteiger partial charge >= 0.3 is 0 Å². The number of halogens is 1. The fourth-order valence-corrected chi connectivity index (χ4v) is 1.58. The van der Waals surface area contributed by atoms with Crippen LogP contribution in [-0.2, 0) is 0 Å². The normalized spacial score (nSPS) is 10.9. The lowest BCUT2D eigenvalue weighted by molar-refractivity contribution is 1.18. The maximum Gasteiger partial charge on any atom is 0.0819 e. The van der Waals surface area contributed by atoms with Crippen LogP contribution < -0.4 is 0 Å². The van der Waals surface area contributed by atoms with Crippen LogP contribution in [0.4, 0.5) is 0 Å². The van der Waals surface area contributed by atoms with Crippen LogP contribution in [0.25, 0.3) is 12.2 Å². The molecule has 0 N–H and O–H groups in total. The summed E-state index contributed by atoms with van der Waals surface area (Å²) in [5.74, 6) is 0. The summed E-state index contributed by atoms with van der Waals surface area (Å²) in [6, 6.07) is 13.9. The van der Waals surface area contributed by atoms with Crippen molar-refractivity contribution in [3.8, 4) is 0 Å². The summed E-state index contributed by atoms with van der Waals surface area (Å²) in [5.41, 5.74) is 2.92. The van der Waals surface area contributed by atoms with Crippen LogP contribution in [-0.4, -0.2) is 4.98 Å². The summed E-state index contributed by atoms with van der Waals surface area (Å²) in [7, 11) is 0. The summed E-state index contributed by atoms with van der Waals surface area (Å²) in [6.07, 6.45) is 3.94. The van der Waals surface area contributed by atoms with Crippen molar-refractivity contribution in [2.24, 2.45) is 0 Å². The number of nitrogens with zero attached hydrogens (tertiary/aromatic N) is 1. The fraction of sp³-hybridized carbons (Fsp3) is 0.0714. The van der Waals surface area contributed by atoms with E-state index in [2.05, 4.69) is 4.98 Å². The van der Waals surface area contributed by atoms with E-state index in [1.807, 2.05) is 61.5 Å². The zero-order valence-corrected chi connectivity index (χ0v) is 9.78. The van der Waals surface area contributed by atoms with Crippen LogP contribution in [0.5, 0.6) is 0 Å². The number of hydrogen-bond donors (Lipinski definition) is 0. The van der Waals surface area contributed by atoms with Crippen molar-refractivity contribution in [1.82, 2.24) is 4.98 Å². The third-order valence-electron chi connectivity index (χ3n) is 2.25. The molecule has 80 valence electrons. The monoisotopic (exact) mass is 229 g/mol. The zero-order valence-electron chi connectivity index (χ0n) is 9.02. The van der Waals surface area contributed by atoms with Gasteiger partial charge in [0, 0.05) is 5.69 Å². The molecule has 0 aliphatic heterocycles. The highest BCUT2D eigenvalue weighted by molar-refractivity contribution is 6.31. The van der Waals surface area contributed by atoms with Gasteiger partial charge < -0.3 is 0 Å². The minimum absolute atomic E-state index is 0.679. The molecule has 0 amide bonds. The first-order chi connectivity index (χ1) is 7.75. The number of aryl methyl sites for hydroxylation is 1. The summed E-state index contributed by atoms with van der Waals surface area (Å²) in [6.45, 7) is 1.95. The standard InChI is InChI=1S/C14H12ClN/c1-11-7-9-13(15)14(16-11)10-8-12-5-3-2-4-6-12/h2-10H,1H3/b10-8+. The maximum absolute atomic E-state index is 6.05. The molecule has 2 aromatic rings. The molecule has 0 unspecified atom stereocenters. The van der Waals surface area contributed by atoms with Crippen molar-refractivity contribution in [2.75, 3.05) is 0 Å². The molecule has 0 saturated heterocycles. The molecule has 1 heterocycles. The summed E-state index contributed by atoms with van der Waals surface area (Å²) in [4.78, 5) is 4.37. The molecule has 0 radical (unpaired) electrons. The summed E-state index contributed by atoms with van der Waals surface area (Å²) >= 11 is 6.05. The molecule has 0 atom stereocenters. The number of rotatable bonds is 2. The van der Waals surface area contributed by atoms with Gasteiger partial charge in [-0.25, -0.2) is 0 Å². The molecular formula is C14H12ClN. The van der Waals surface area contributed by atoms with Gasteiger partial charge in [0.05, 0.1) is 10.7 Å². The highest BCUT2D eigenvalue weighted by atomic mass is 35.5. The maximum atomic E-state index is 6.05. The van der Waals surface area contributed by atoms with Gasteiger partial charge in [-0.1, -0.05) is 48.0 Å². The highest BCUT2D eigenvalue weighted by Crippen LogP contribution is 2.16. The van der Waals surface area contributed by atoms with E-state index in [4.69, 9.17) is 11.6 Å². The van der Waals surface area contributed by atoms with Gasteiger partial charge in [-0.05, 0) is 30.7 Å². The molecule has 1 nitrogen and oxygen atoms in total. The van der Waals surface area contributed by atoms with E-state index in [-0.39, 0.29) is 0 Å². The van der Waals surface area contributed by atoms with Crippen molar-refractivity contribution in [1.29, 1.82) is 0 Å². The van der Waals surface area contributed by atoms with Gasteiger partial charge in [0.2, 0.25) is 0 Å². The second-order valence-corrected chi connectivity index (χ2v) is 3.97. The van der Waals surface area contributed by atoms with E-state index in [1.165, 1.54) is 0 Å². The van der Waals surface area contributed by atoms with Gasteiger partial charge in [-0.15, -0.1) is 0 Å². The molecule has 16 heavy (non-hydrogen) atoms. The Morgan fingerprint density at radius 2 is 1.75 bits per heavy atom. The Kier molecular flexibility index (Phi) is 3.37. The van der Waals surface area contributed by atoms with Crippen molar-refractivity contribution < 1.29 is 0 Å². The largest absolute Gasteiger partial charge is 0.252 e. The van der Waals surface area contributed by atoms with Gasteiger partial charge in [0.1, 0.15) is 0 Å². The highest BCUT2D eigenvalue weighted by Gasteiger charge is 1.97. The predicted octanol–water partition coefficient (Wildman–Crippen LogP) is 4.21. The average Bonchev–Trinajstić information content (AvgIpc) is 2.32. The third kappa shape index (κ3) is 2.71. The van der Waals surface area contributed by atoms with E-state index in [9.17, 15) is 0 Å². The molecular weight excluding hydrogens is 218 g/mol. The van der Waals surface area contributed by atoms with Crippen LogP contribution in [0, 0.1) is 6.92 Å². The average molecular weight is 230 g/mol. The minimum Gasteiger partial charge on any atom is -0.252 e. The topological polar surface area (TPSA) is 12.9 Å². The molecule has 0 fully saturated rings. The van der Waals surface area contributed by atoms with Gasteiger partial charge in [0.25, 0.3) is 0 Å². The Labute approximate surface area is 100 Å². The van der Waals surface area contributed by atoms with Crippen LogP contribution in [0.2, 0.25) is 5.02 Å². The van der Waals surface area contributed by atoms with E-state index in [1.54, 1.807) is 0 Å². The molecule has 2 heteroatoms. The van der Waals surface area contributed by atoms with Crippen molar-refractivity contribution in [3.05, 3.63) is 64.4 Å². The lowest BCUT2D eigenvalue weighted by Crippen LogP contribution is -1.85. The molecule has 1 aromatic heterocycles. The van der Waals surface area contributed by atoms with Gasteiger partial charge in [-0.3, -0.25) is 4.98 Å². The Bertz CT molecular complexity index is 503. The smallest absolute Gasteiger partial charge is 0.0819 e. The zero-order chi connectivity index (χ0) is 11.4. The second-order valence-electron chi connectivity index (χ2n) is 3.56. The molecule has 0 saturated carbocycles. The summed E-state index contributed by atoms with van der Waals surface area (Å²) < 4.78 is 0. The van der Waals surface area contributed by atoms with Crippen molar-refractivity contribution in [3.63, 3.8) is 0 Å². The lowest BCUT2D eigenvalue weighted by Gasteiger charge is -1.99. The van der Waals surface area contributed by atoms with E-state index in [0.717, 1.165) is 17.0 Å². The van der Waals surface area contributed by atoms with Crippen LogP contribution in [0.1, 0.15) is 17.0 Å². The molecule has 0 spiro atoms. The van der Waals surface area contributed by atoms with Gasteiger partial charge in [0.15, 0.2) is 0 Å². The lowest BCUT2D eigenvalue weighted by atomic mass is 10.2. The Morgan fingerprint density at radius 3 is 2.50 bits per heavy atom. The summed E-state index contributed by atoms with van der Waals surface area (Å²) in [5, 5.41) is 0.679.